The maximum atomic E-state index is 14.0. The minimum atomic E-state index is -1.04. The van der Waals surface area contributed by atoms with Crippen molar-refractivity contribution in [3.05, 3.63) is 113 Å². The number of carbonyl (C=O) groups is 2. The predicted octanol–water partition coefficient (Wildman–Crippen LogP) is 8.00. The average Bonchev–Trinajstić information content (AvgIpc) is 3.80. The van der Waals surface area contributed by atoms with Crippen LogP contribution in [0.5, 0.6) is 11.5 Å². The molecule has 7 rings (SSSR count). The van der Waals surface area contributed by atoms with Gasteiger partial charge in [0.05, 0.1) is 31.0 Å². The molecule has 3 aromatic carbocycles. The highest BCUT2D eigenvalue weighted by atomic mass is 32.2. The van der Waals surface area contributed by atoms with E-state index in [9.17, 15) is 14.7 Å². The second kappa shape index (κ2) is 14.0. The first kappa shape index (κ1) is 33.3. The Morgan fingerprint density at radius 3 is 2.62 bits per heavy atom. The first-order valence-corrected chi connectivity index (χ1v) is 18.0. The highest BCUT2D eigenvalue weighted by Crippen LogP contribution is 2.46. The van der Waals surface area contributed by atoms with Crippen molar-refractivity contribution < 1.29 is 24.2 Å². The summed E-state index contributed by atoms with van der Waals surface area (Å²) in [5, 5.41) is 23.3. The Hall–Kier alpha value is -5.20. The number of fused-ring (bicyclic) bond motifs is 2. The SMILES string of the molecule is COc1cc(C2/C(=C(\O)c3c(C)nc4ccccn34)C(=O)C(=O)N2c2nnc(SCc3cccc4ccccc34)s2)ccc1OCCC(C)C. The Morgan fingerprint density at radius 2 is 1.80 bits per heavy atom. The number of anilines is 1. The van der Waals surface area contributed by atoms with Crippen LogP contribution in [0.1, 0.15) is 48.8 Å². The van der Waals surface area contributed by atoms with Crippen molar-refractivity contribution in [1.82, 2.24) is 19.6 Å². The van der Waals surface area contributed by atoms with Gasteiger partial charge in [-0.25, -0.2) is 4.98 Å². The minimum absolute atomic E-state index is 0.0839. The molecular formula is C38H35N5O5S2. The summed E-state index contributed by atoms with van der Waals surface area (Å²) < 4.78 is 14.1. The van der Waals surface area contributed by atoms with Gasteiger partial charge in [0.2, 0.25) is 5.13 Å². The predicted molar refractivity (Wildman–Crippen MR) is 196 cm³/mol. The highest BCUT2D eigenvalue weighted by molar-refractivity contribution is 8.00. The number of aromatic nitrogens is 4. The van der Waals surface area contributed by atoms with Gasteiger partial charge < -0.3 is 14.6 Å². The zero-order valence-electron chi connectivity index (χ0n) is 28.0. The molecule has 1 atom stereocenters. The number of imidazole rings is 1. The van der Waals surface area contributed by atoms with Gasteiger partial charge in [-0.2, -0.15) is 0 Å². The number of aliphatic hydroxyl groups excluding tert-OH is 1. The first-order valence-electron chi connectivity index (χ1n) is 16.2. The van der Waals surface area contributed by atoms with Crippen molar-refractivity contribution in [2.24, 2.45) is 5.92 Å². The lowest BCUT2D eigenvalue weighted by atomic mass is 9.96. The zero-order chi connectivity index (χ0) is 34.9. The average molecular weight is 706 g/mol. The van der Waals surface area contributed by atoms with Gasteiger partial charge in [0, 0.05) is 11.9 Å². The Morgan fingerprint density at radius 1 is 1.00 bits per heavy atom. The summed E-state index contributed by atoms with van der Waals surface area (Å²) in [5.74, 6) is 0.0842. The third-order valence-corrected chi connectivity index (χ3v) is 10.8. The topological polar surface area (TPSA) is 119 Å². The number of pyridine rings is 1. The number of aryl methyl sites for hydroxylation is 1. The number of hydrogen-bond donors (Lipinski definition) is 1. The van der Waals surface area contributed by atoms with Crippen LogP contribution in [0.25, 0.3) is 22.2 Å². The fraction of sp³-hybridized carbons (Fsp3) is 0.237. The molecular weight excluding hydrogens is 671 g/mol. The van der Waals surface area contributed by atoms with E-state index in [0.717, 1.165) is 22.8 Å². The Bertz CT molecular complexity index is 2270. The molecule has 6 aromatic rings. The van der Waals surface area contributed by atoms with Crippen LogP contribution >= 0.6 is 23.1 Å². The molecule has 1 amide bonds. The molecule has 50 heavy (non-hydrogen) atoms. The summed E-state index contributed by atoms with van der Waals surface area (Å²) in [7, 11) is 1.54. The molecule has 0 saturated carbocycles. The van der Waals surface area contributed by atoms with E-state index in [1.54, 1.807) is 41.8 Å². The van der Waals surface area contributed by atoms with Crippen LogP contribution in [0.4, 0.5) is 5.13 Å². The Kier molecular flexibility index (Phi) is 9.30. The van der Waals surface area contributed by atoms with Crippen LogP contribution < -0.4 is 14.4 Å². The van der Waals surface area contributed by atoms with E-state index in [1.807, 2.05) is 30.3 Å². The number of ketones is 1. The molecule has 0 aliphatic carbocycles. The second-order valence-corrected chi connectivity index (χ2v) is 14.5. The molecule has 1 aliphatic heterocycles. The monoisotopic (exact) mass is 705 g/mol. The van der Waals surface area contributed by atoms with E-state index in [2.05, 4.69) is 53.3 Å². The molecule has 1 N–H and O–H groups in total. The molecule has 0 spiro atoms. The van der Waals surface area contributed by atoms with Crippen LogP contribution in [0.15, 0.2) is 95.0 Å². The third kappa shape index (κ3) is 6.20. The summed E-state index contributed by atoms with van der Waals surface area (Å²) in [6.45, 7) is 6.51. The molecule has 3 aromatic heterocycles. The summed E-state index contributed by atoms with van der Waals surface area (Å²) in [6.07, 6.45) is 2.62. The van der Waals surface area contributed by atoms with E-state index < -0.39 is 17.7 Å². The van der Waals surface area contributed by atoms with Crippen molar-refractivity contribution in [3.63, 3.8) is 0 Å². The molecule has 0 radical (unpaired) electrons. The van der Waals surface area contributed by atoms with Gasteiger partial charge in [-0.15, -0.1) is 10.2 Å². The molecule has 10 nitrogen and oxygen atoms in total. The van der Waals surface area contributed by atoms with E-state index in [0.29, 0.717) is 56.7 Å². The summed E-state index contributed by atoms with van der Waals surface area (Å²) in [4.78, 5) is 33.8. The molecule has 12 heteroatoms. The number of amides is 1. The highest BCUT2D eigenvalue weighted by Gasteiger charge is 2.49. The number of carbonyl (C=O) groups excluding carboxylic acids is 2. The van der Waals surface area contributed by atoms with Crippen LogP contribution in [0.3, 0.4) is 0 Å². The standard InChI is InChI=1S/C38H35N5O5S2/c1-22(2)17-19-48-28-16-15-25(20-29(28)47-4)33-31(34(44)32-23(3)39-30-14-7-8-18-42(30)32)35(45)36(46)43(33)37-40-41-38(50-37)49-21-26-12-9-11-24-10-5-6-13-27(24)26/h5-16,18,20,22,33,44H,17,19,21H2,1-4H3/b34-31+. The number of hydrogen-bond acceptors (Lipinski definition) is 10. The minimum Gasteiger partial charge on any atom is -0.505 e. The van der Waals surface area contributed by atoms with Crippen molar-refractivity contribution >= 4 is 62.1 Å². The number of thioether (sulfide) groups is 1. The van der Waals surface area contributed by atoms with Crippen molar-refractivity contribution in [1.29, 1.82) is 0 Å². The molecule has 1 saturated heterocycles. The Balaban J connectivity index is 1.30. The van der Waals surface area contributed by atoms with Crippen LogP contribution in [-0.4, -0.2) is 50.1 Å². The maximum Gasteiger partial charge on any atom is 0.301 e. The van der Waals surface area contributed by atoms with Gasteiger partial charge in [-0.05, 0) is 65.4 Å². The van der Waals surface area contributed by atoms with Gasteiger partial charge in [0.25, 0.3) is 5.78 Å². The van der Waals surface area contributed by atoms with Crippen LogP contribution in [0.2, 0.25) is 0 Å². The fourth-order valence-electron chi connectivity index (χ4n) is 6.17. The third-order valence-electron chi connectivity index (χ3n) is 8.66. The summed E-state index contributed by atoms with van der Waals surface area (Å²) >= 11 is 2.72. The quantitative estimate of drug-likeness (QED) is 0.0470. The van der Waals surface area contributed by atoms with E-state index in [4.69, 9.17) is 9.47 Å². The maximum absolute atomic E-state index is 14.0. The van der Waals surface area contributed by atoms with Crippen molar-refractivity contribution in [2.45, 2.75) is 43.3 Å². The van der Waals surface area contributed by atoms with Gasteiger partial charge in [0.15, 0.2) is 21.6 Å². The number of nitrogens with zero attached hydrogens (tertiary/aromatic N) is 5. The van der Waals surface area contributed by atoms with Crippen molar-refractivity contribution in [3.8, 4) is 11.5 Å². The van der Waals surface area contributed by atoms with Crippen LogP contribution in [0, 0.1) is 12.8 Å². The molecule has 1 aliphatic rings. The number of methoxy groups -OCH3 is 1. The van der Waals surface area contributed by atoms with E-state index in [-0.39, 0.29) is 16.5 Å². The first-order chi connectivity index (χ1) is 24.2. The fourth-order valence-corrected chi connectivity index (χ4v) is 8.04. The lowest BCUT2D eigenvalue weighted by molar-refractivity contribution is -0.132. The van der Waals surface area contributed by atoms with Crippen LogP contribution in [-0.2, 0) is 15.3 Å². The Labute approximate surface area is 297 Å². The summed E-state index contributed by atoms with van der Waals surface area (Å²) in [5.41, 5.74) is 3.03. The number of rotatable bonds is 11. The second-order valence-electron chi connectivity index (χ2n) is 12.4. The lowest BCUT2D eigenvalue weighted by Gasteiger charge is -2.23. The number of ether oxygens (including phenoxy) is 2. The van der Waals surface area contributed by atoms with E-state index in [1.165, 1.54) is 35.1 Å². The normalized spacial score (nSPS) is 15.9. The van der Waals surface area contributed by atoms with Crippen molar-refractivity contribution in [2.75, 3.05) is 18.6 Å². The molecule has 1 fully saturated rings. The number of aliphatic hydroxyl groups is 1. The number of Topliss-reactive ketones (excluding diaryl/α,β-unsaturated/α-hetero) is 1. The molecule has 254 valence electrons. The van der Waals surface area contributed by atoms with Gasteiger partial charge in [-0.3, -0.25) is 18.9 Å². The summed E-state index contributed by atoms with van der Waals surface area (Å²) in [6, 6.07) is 24.1. The molecule has 4 heterocycles. The number of benzene rings is 3. The smallest absolute Gasteiger partial charge is 0.301 e. The zero-order valence-corrected chi connectivity index (χ0v) is 29.6. The van der Waals surface area contributed by atoms with Gasteiger partial charge in [-0.1, -0.05) is 91.5 Å². The largest absolute Gasteiger partial charge is 0.505 e. The lowest BCUT2D eigenvalue weighted by Crippen LogP contribution is -2.29. The van der Waals surface area contributed by atoms with Gasteiger partial charge >= 0.3 is 5.91 Å². The van der Waals surface area contributed by atoms with E-state index >= 15 is 0 Å². The molecule has 0 bridgehead atoms. The molecule has 1 unspecified atom stereocenters. The van der Waals surface area contributed by atoms with Gasteiger partial charge in [0.1, 0.15) is 11.3 Å².